The van der Waals surface area contributed by atoms with E-state index in [-0.39, 0.29) is 11.8 Å². The van der Waals surface area contributed by atoms with Crippen molar-refractivity contribution in [3.8, 4) is 6.07 Å². The summed E-state index contributed by atoms with van der Waals surface area (Å²) in [4.78, 5) is 14.3. The molecule has 21 heavy (non-hydrogen) atoms. The number of amides is 1. The van der Waals surface area contributed by atoms with Gasteiger partial charge in [0.2, 0.25) is 11.8 Å². The van der Waals surface area contributed by atoms with Crippen LogP contribution in [0, 0.1) is 37.0 Å². The lowest BCUT2D eigenvalue weighted by Gasteiger charge is -2.34. The minimum absolute atomic E-state index is 0.124. The number of nitrogens with zero attached hydrogens (tertiary/aromatic N) is 2. The number of rotatable bonds is 3. The minimum atomic E-state index is -0.124. The van der Waals surface area contributed by atoms with Gasteiger partial charge in [-0.15, -0.1) is 0 Å². The number of piperidine rings is 1. The van der Waals surface area contributed by atoms with Gasteiger partial charge in [0.25, 0.3) is 0 Å². The minimum Gasteiger partial charge on any atom is -0.444 e. The normalized spacial score (nSPS) is 22.8. The van der Waals surface area contributed by atoms with Gasteiger partial charge >= 0.3 is 0 Å². The highest BCUT2D eigenvalue weighted by Crippen LogP contribution is 2.25. The van der Waals surface area contributed by atoms with E-state index in [0.29, 0.717) is 29.7 Å². The lowest BCUT2D eigenvalue weighted by atomic mass is 9.92. The lowest BCUT2D eigenvalue weighted by molar-refractivity contribution is -0.118. The number of nitrogens with one attached hydrogen (secondary N) is 1. The van der Waals surface area contributed by atoms with Gasteiger partial charge < -0.3 is 4.42 Å². The van der Waals surface area contributed by atoms with Crippen LogP contribution in [0.3, 0.4) is 0 Å². The summed E-state index contributed by atoms with van der Waals surface area (Å²) >= 11 is 0. The van der Waals surface area contributed by atoms with Gasteiger partial charge in [-0.25, -0.2) is 0 Å². The van der Waals surface area contributed by atoms with Crippen LogP contribution in [-0.4, -0.2) is 30.4 Å². The van der Waals surface area contributed by atoms with Crippen molar-refractivity contribution in [3.63, 3.8) is 0 Å². The van der Waals surface area contributed by atoms with Gasteiger partial charge in [-0.05, 0) is 32.1 Å². The molecule has 1 saturated heterocycles. The average Bonchev–Trinajstić information content (AvgIpc) is 2.62. The van der Waals surface area contributed by atoms with Crippen molar-refractivity contribution < 1.29 is 9.21 Å². The van der Waals surface area contributed by atoms with Gasteiger partial charge in [0.05, 0.1) is 6.54 Å². The lowest BCUT2D eigenvalue weighted by Crippen LogP contribution is -2.42. The van der Waals surface area contributed by atoms with Crippen molar-refractivity contribution in [1.29, 1.82) is 5.26 Å². The smallest absolute Gasteiger partial charge is 0.240 e. The van der Waals surface area contributed by atoms with Crippen molar-refractivity contribution in [3.05, 3.63) is 16.9 Å². The topological polar surface area (TPSA) is 69.3 Å². The number of aryl methyl sites for hydroxylation is 1. The second kappa shape index (κ2) is 6.31. The number of hydrogen-bond donors (Lipinski definition) is 1. The number of anilines is 1. The summed E-state index contributed by atoms with van der Waals surface area (Å²) in [6.07, 6.45) is 1.22. The highest BCUT2D eigenvalue weighted by molar-refractivity contribution is 5.92. The van der Waals surface area contributed by atoms with Crippen molar-refractivity contribution in [1.82, 2.24) is 4.90 Å². The predicted molar refractivity (Wildman–Crippen MR) is 80.9 cm³/mol. The van der Waals surface area contributed by atoms with E-state index in [0.717, 1.165) is 18.7 Å². The zero-order chi connectivity index (χ0) is 15.6. The first-order valence-corrected chi connectivity index (χ1v) is 7.43. The summed E-state index contributed by atoms with van der Waals surface area (Å²) in [6.45, 7) is 10.3. The second-order valence-electron chi connectivity index (χ2n) is 6.29. The maximum absolute atomic E-state index is 12.2. The molecule has 0 radical (unpaired) electrons. The van der Waals surface area contributed by atoms with Crippen LogP contribution < -0.4 is 5.32 Å². The maximum atomic E-state index is 12.2. The molecule has 1 aliphatic rings. The Morgan fingerprint density at radius 2 is 2.00 bits per heavy atom. The van der Waals surface area contributed by atoms with Crippen LogP contribution in [0.5, 0.6) is 0 Å². The highest BCUT2D eigenvalue weighted by atomic mass is 16.4. The number of furan rings is 1. The molecule has 1 fully saturated rings. The summed E-state index contributed by atoms with van der Waals surface area (Å²) in [7, 11) is 0. The van der Waals surface area contributed by atoms with Gasteiger partial charge in [0, 0.05) is 18.7 Å². The van der Waals surface area contributed by atoms with Crippen LogP contribution in [0.4, 0.5) is 5.88 Å². The highest BCUT2D eigenvalue weighted by Gasteiger charge is 2.24. The molecular weight excluding hydrogens is 266 g/mol. The third-order valence-corrected chi connectivity index (χ3v) is 4.06. The number of hydrogen-bond acceptors (Lipinski definition) is 4. The quantitative estimate of drug-likeness (QED) is 0.928. The maximum Gasteiger partial charge on any atom is 0.240 e. The van der Waals surface area contributed by atoms with E-state index in [9.17, 15) is 4.79 Å². The Morgan fingerprint density at radius 1 is 1.38 bits per heavy atom. The Labute approximate surface area is 125 Å². The summed E-state index contributed by atoms with van der Waals surface area (Å²) in [5.74, 6) is 2.05. The number of nitriles is 1. The Kier molecular flexibility index (Phi) is 4.69. The van der Waals surface area contributed by atoms with Crippen LogP contribution in [0.25, 0.3) is 0 Å². The van der Waals surface area contributed by atoms with E-state index >= 15 is 0 Å². The molecule has 2 rings (SSSR count). The zero-order valence-electron chi connectivity index (χ0n) is 13.2. The van der Waals surface area contributed by atoms with E-state index in [1.807, 2.05) is 6.92 Å². The van der Waals surface area contributed by atoms with Crippen LogP contribution >= 0.6 is 0 Å². The SMILES string of the molecule is Cc1oc(NC(=O)CN2C[C@@H](C)C[C@H](C)C2)c(C#N)c1C. The summed E-state index contributed by atoms with van der Waals surface area (Å²) in [5, 5.41) is 11.9. The zero-order valence-corrected chi connectivity index (χ0v) is 13.2. The third-order valence-electron chi connectivity index (χ3n) is 4.06. The van der Waals surface area contributed by atoms with Crippen molar-refractivity contribution >= 4 is 11.8 Å². The fraction of sp³-hybridized carbons (Fsp3) is 0.625. The number of carbonyl (C=O) groups excluding carboxylic acids is 1. The number of carbonyl (C=O) groups is 1. The summed E-state index contributed by atoms with van der Waals surface area (Å²) < 4.78 is 5.47. The largest absolute Gasteiger partial charge is 0.444 e. The van der Waals surface area contributed by atoms with E-state index in [1.165, 1.54) is 6.42 Å². The molecule has 0 aliphatic carbocycles. The van der Waals surface area contributed by atoms with Crippen molar-refractivity contribution in [2.24, 2.45) is 11.8 Å². The summed E-state index contributed by atoms with van der Waals surface area (Å²) in [5.41, 5.74) is 1.20. The first-order valence-electron chi connectivity index (χ1n) is 7.43. The van der Waals surface area contributed by atoms with Gasteiger partial charge in [0.15, 0.2) is 0 Å². The van der Waals surface area contributed by atoms with E-state index in [4.69, 9.17) is 9.68 Å². The molecule has 1 aromatic rings. The molecular formula is C16H23N3O2. The molecule has 1 amide bonds. The Hall–Kier alpha value is -1.80. The van der Waals surface area contributed by atoms with Crippen molar-refractivity contribution in [2.75, 3.05) is 25.0 Å². The first-order chi connectivity index (χ1) is 9.90. The van der Waals surface area contributed by atoms with E-state index in [2.05, 4.69) is 30.1 Å². The molecule has 0 bridgehead atoms. The van der Waals surface area contributed by atoms with Crippen LogP contribution in [0.15, 0.2) is 4.42 Å². The van der Waals surface area contributed by atoms with E-state index < -0.39 is 0 Å². The molecule has 1 aliphatic heterocycles. The molecule has 0 unspecified atom stereocenters. The number of likely N-dealkylation sites (tertiary alicyclic amines) is 1. The third kappa shape index (κ3) is 3.64. The molecule has 0 saturated carbocycles. The van der Waals surface area contributed by atoms with Crippen LogP contribution in [0.1, 0.15) is 37.2 Å². The molecule has 5 nitrogen and oxygen atoms in total. The fourth-order valence-electron chi connectivity index (χ4n) is 3.14. The Balaban J connectivity index is 1.99. The molecule has 0 spiro atoms. The summed E-state index contributed by atoms with van der Waals surface area (Å²) in [6, 6.07) is 2.09. The van der Waals surface area contributed by atoms with E-state index in [1.54, 1.807) is 6.92 Å². The Bertz CT molecular complexity index is 561. The molecule has 2 heterocycles. The second-order valence-corrected chi connectivity index (χ2v) is 6.29. The van der Waals surface area contributed by atoms with Gasteiger partial charge in [-0.1, -0.05) is 13.8 Å². The molecule has 2 atom stereocenters. The van der Waals surface area contributed by atoms with Gasteiger partial charge in [0.1, 0.15) is 17.4 Å². The molecule has 114 valence electrons. The molecule has 0 aromatic carbocycles. The van der Waals surface area contributed by atoms with Gasteiger partial charge in [-0.3, -0.25) is 15.0 Å². The fourth-order valence-corrected chi connectivity index (χ4v) is 3.14. The predicted octanol–water partition coefficient (Wildman–Crippen LogP) is 2.68. The van der Waals surface area contributed by atoms with Crippen LogP contribution in [-0.2, 0) is 4.79 Å². The molecule has 5 heteroatoms. The standard InChI is InChI=1S/C16H23N3O2/c1-10-5-11(2)8-19(7-10)9-15(20)18-16-14(6-17)12(3)13(4)21-16/h10-11H,5,7-9H2,1-4H3,(H,18,20)/t10-,11-/m0/s1. The van der Waals surface area contributed by atoms with Crippen LogP contribution in [0.2, 0.25) is 0 Å². The average molecular weight is 289 g/mol. The molecule has 1 N–H and O–H groups in total. The first kappa shape index (κ1) is 15.6. The Morgan fingerprint density at radius 3 is 2.57 bits per heavy atom. The van der Waals surface area contributed by atoms with Gasteiger partial charge in [-0.2, -0.15) is 5.26 Å². The molecule has 1 aromatic heterocycles. The monoisotopic (exact) mass is 289 g/mol. The van der Waals surface area contributed by atoms with Crippen molar-refractivity contribution in [2.45, 2.75) is 34.1 Å².